The summed E-state index contributed by atoms with van der Waals surface area (Å²) in [7, 11) is 1.99. The molecule has 2 saturated heterocycles. The quantitative estimate of drug-likeness (QED) is 0.816. The van der Waals surface area contributed by atoms with Crippen LogP contribution in [-0.4, -0.2) is 66.0 Å². The van der Waals surface area contributed by atoms with Crippen molar-refractivity contribution in [2.24, 2.45) is 11.8 Å². The number of piperidine rings is 1. The Morgan fingerprint density at radius 3 is 2.38 bits per heavy atom. The fourth-order valence-corrected chi connectivity index (χ4v) is 5.28. The van der Waals surface area contributed by atoms with E-state index >= 15 is 0 Å². The van der Waals surface area contributed by atoms with Gasteiger partial charge in [-0.05, 0) is 45.2 Å². The Hall–Kier alpha value is -0.460. The van der Waals surface area contributed by atoms with Gasteiger partial charge in [-0.25, -0.2) is 0 Å². The molecular weight excluding hydrogens is 346 g/mol. The van der Waals surface area contributed by atoms with Gasteiger partial charge >= 0.3 is 0 Å². The molecule has 5 nitrogen and oxygen atoms in total. The first-order chi connectivity index (χ1) is 11.2. The summed E-state index contributed by atoms with van der Waals surface area (Å²) in [6.07, 6.45) is 6.49. The Morgan fingerprint density at radius 2 is 1.75 bits per heavy atom. The van der Waals surface area contributed by atoms with Crippen LogP contribution < -0.4 is 5.32 Å². The molecule has 3 aliphatic rings. The zero-order valence-electron chi connectivity index (χ0n) is 14.5. The maximum atomic E-state index is 12.9. The van der Waals surface area contributed by atoms with Crippen molar-refractivity contribution in [1.82, 2.24) is 15.1 Å². The van der Waals surface area contributed by atoms with Crippen LogP contribution >= 0.6 is 24.2 Å². The minimum absolute atomic E-state index is 0. The van der Waals surface area contributed by atoms with Crippen molar-refractivity contribution in [2.75, 3.05) is 38.3 Å². The van der Waals surface area contributed by atoms with E-state index in [9.17, 15) is 9.59 Å². The topological polar surface area (TPSA) is 52.7 Å². The van der Waals surface area contributed by atoms with Gasteiger partial charge in [-0.2, -0.15) is 0 Å². The van der Waals surface area contributed by atoms with Crippen molar-refractivity contribution in [3.63, 3.8) is 0 Å². The zero-order chi connectivity index (χ0) is 16.2. The smallest absolute Gasteiger partial charge is 0.246 e. The molecule has 0 aromatic carbocycles. The molecule has 0 aromatic rings. The minimum Gasteiger partial charge on any atom is -0.341 e. The summed E-state index contributed by atoms with van der Waals surface area (Å²) in [5.74, 6) is 2.74. The summed E-state index contributed by atoms with van der Waals surface area (Å²) in [4.78, 5) is 29.5. The molecule has 2 aliphatic heterocycles. The van der Waals surface area contributed by atoms with Crippen LogP contribution in [0.3, 0.4) is 0 Å². The lowest BCUT2D eigenvalue weighted by atomic mass is 9.96. The van der Waals surface area contributed by atoms with Crippen LogP contribution in [0, 0.1) is 11.8 Å². The second-order valence-corrected chi connectivity index (χ2v) is 8.13. The highest BCUT2D eigenvalue weighted by molar-refractivity contribution is 7.99. The number of likely N-dealkylation sites (tertiary alicyclic amines) is 1. The Kier molecular flexibility index (Phi) is 7.69. The third kappa shape index (κ3) is 4.38. The summed E-state index contributed by atoms with van der Waals surface area (Å²) in [5.41, 5.74) is 0. The lowest BCUT2D eigenvalue weighted by Gasteiger charge is -2.35. The highest BCUT2D eigenvalue weighted by Crippen LogP contribution is 2.31. The zero-order valence-corrected chi connectivity index (χ0v) is 16.2. The molecule has 3 fully saturated rings. The molecule has 1 saturated carbocycles. The maximum Gasteiger partial charge on any atom is 0.246 e. The third-order valence-corrected chi connectivity index (χ3v) is 6.59. The Morgan fingerprint density at radius 1 is 1.08 bits per heavy atom. The molecule has 1 atom stereocenters. The largest absolute Gasteiger partial charge is 0.341 e. The minimum atomic E-state index is -0.214. The van der Waals surface area contributed by atoms with Crippen molar-refractivity contribution >= 4 is 36.0 Å². The number of nitrogens with one attached hydrogen (secondary N) is 1. The summed E-state index contributed by atoms with van der Waals surface area (Å²) in [5, 5.41) is 3.23. The van der Waals surface area contributed by atoms with Crippen molar-refractivity contribution < 1.29 is 9.59 Å². The van der Waals surface area contributed by atoms with Crippen molar-refractivity contribution in [1.29, 1.82) is 0 Å². The molecule has 7 heteroatoms. The van der Waals surface area contributed by atoms with E-state index in [4.69, 9.17) is 0 Å². The van der Waals surface area contributed by atoms with Gasteiger partial charge in [0.2, 0.25) is 11.8 Å². The van der Waals surface area contributed by atoms with E-state index in [1.807, 2.05) is 16.8 Å². The highest BCUT2D eigenvalue weighted by atomic mass is 35.5. The number of carbonyl (C=O) groups is 2. The number of thioether (sulfide) groups is 1. The SMILES string of the molecule is CNCC1CCN(C(=O)C2CSCN2C(=O)C2CCCC2)CC1.Cl. The lowest BCUT2D eigenvalue weighted by Crippen LogP contribution is -2.52. The van der Waals surface area contributed by atoms with E-state index in [1.54, 1.807) is 11.8 Å². The van der Waals surface area contributed by atoms with E-state index in [-0.39, 0.29) is 36.2 Å². The van der Waals surface area contributed by atoms with E-state index in [0.717, 1.165) is 63.9 Å². The van der Waals surface area contributed by atoms with Gasteiger partial charge in [0.05, 0.1) is 5.88 Å². The van der Waals surface area contributed by atoms with Crippen molar-refractivity contribution in [2.45, 2.75) is 44.6 Å². The number of carbonyl (C=O) groups excluding carboxylic acids is 2. The monoisotopic (exact) mass is 375 g/mol. The molecule has 0 aromatic heterocycles. The van der Waals surface area contributed by atoms with Gasteiger partial charge in [-0.15, -0.1) is 24.2 Å². The first-order valence-corrected chi connectivity index (χ1v) is 10.2. The van der Waals surface area contributed by atoms with Crippen molar-refractivity contribution in [3.05, 3.63) is 0 Å². The molecule has 138 valence electrons. The van der Waals surface area contributed by atoms with Crippen LogP contribution in [0.2, 0.25) is 0 Å². The second-order valence-electron chi connectivity index (χ2n) is 7.13. The average Bonchev–Trinajstić information content (AvgIpc) is 3.26. The van der Waals surface area contributed by atoms with Gasteiger partial charge in [0.15, 0.2) is 0 Å². The average molecular weight is 376 g/mol. The lowest BCUT2D eigenvalue weighted by molar-refractivity contribution is -0.146. The molecule has 2 amide bonds. The number of hydrogen-bond acceptors (Lipinski definition) is 4. The van der Waals surface area contributed by atoms with E-state index in [2.05, 4.69) is 5.32 Å². The van der Waals surface area contributed by atoms with Crippen molar-refractivity contribution in [3.8, 4) is 0 Å². The van der Waals surface area contributed by atoms with Crippen LogP contribution in [0.15, 0.2) is 0 Å². The molecule has 24 heavy (non-hydrogen) atoms. The standard InChI is InChI=1S/C17H29N3O2S.ClH/c1-18-10-13-6-8-19(9-7-13)17(22)15-11-23-12-20(15)16(21)14-4-2-3-5-14;/h13-15,18H,2-12H2,1H3;1H. The third-order valence-electron chi connectivity index (χ3n) is 5.57. The second kappa shape index (κ2) is 9.30. The predicted octanol–water partition coefficient (Wildman–Crippen LogP) is 1.96. The summed E-state index contributed by atoms with van der Waals surface area (Å²) in [6, 6.07) is -0.214. The molecule has 2 heterocycles. The molecule has 1 aliphatic carbocycles. The van der Waals surface area contributed by atoms with Gasteiger partial charge in [0.25, 0.3) is 0 Å². The van der Waals surface area contributed by atoms with Gasteiger partial charge < -0.3 is 15.1 Å². The molecule has 0 spiro atoms. The van der Waals surface area contributed by atoms with E-state index < -0.39 is 0 Å². The highest BCUT2D eigenvalue weighted by Gasteiger charge is 2.40. The molecule has 0 bridgehead atoms. The number of halogens is 1. The Labute approximate surface area is 155 Å². The first-order valence-electron chi connectivity index (χ1n) is 9.02. The number of amides is 2. The molecule has 0 radical (unpaired) electrons. The van der Waals surface area contributed by atoms with Gasteiger partial charge in [0, 0.05) is 24.8 Å². The summed E-state index contributed by atoms with van der Waals surface area (Å²) >= 11 is 1.73. The molecular formula is C17H30ClN3O2S. The van der Waals surface area contributed by atoms with E-state index in [0.29, 0.717) is 11.8 Å². The van der Waals surface area contributed by atoms with Gasteiger partial charge in [0.1, 0.15) is 6.04 Å². The molecule has 1 unspecified atom stereocenters. The maximum absolute atomic E-state index is 12.9. The summed E-state index contributed by atoms with van der Waals surface area (Å²) < 4.78 is 0. The van der Waals surface area contributed by atoms with Gasteiger partial charge in [-0.3, -0.25) is 9.59 Å². The Balaban J connectivity index is 0.00000208. The molecule has 3 rings (SSSR count). The predicted molar refractivity (Wildman–Crippen MR) is 100 cm³/mol. The van der Waals surface area contributed by atoms with Crippen LogP contribution in [0.4, 0.5) is 0 Å². The fraction of sp³-hybridized carbons (Fsp3) is 0.882. The first kappa shape index (κ1) is 19.9. The van der Waals surface area contributed by atoms with E-state index in [1.165, 1.54) is 0 Å². The number of nitrogens with zero attached hydrogens (tertiary/aromatic N) is 2. The molecule has 1 N–H and O–H groups in total. The Bertz CT molecular complexity index is 438. The summed E-state index contributed by atoms with van der Waals surface area (Å²) in [6.45, 7) is 2.73. The van der Waals surface area contributed by atoms with Crippen LogP contribution in [-0.2, 0) is 9.59 Å². The van der Waals surface area contributed by atoms with Crippen LogP contribution in [0.1, 0.15) is 38.5 Å². The fourth-order valence-electron chi connectivity index (χ4n) is 4.13. The van der Waals surface area contributed by atoms with Crippen LogP contribution in [0.5, 0.6) is 0 Å². The number of hydrogen-bond donors (Lipinski definition) is 1. The number of rotatable bonds is 4. The van der Waals surface area contributed by atoms with Crippen LogP contribution in [0.25, 0.3) is 0 Å². The van der Waals surface area contributed by atoms with Gasteiger partial charge in [-0.1, -0.05) is 12.8 Å². The normalized spacial score (nSPS) is 25.8.